The normalized spacial score (nSPS) is 10.7. The van der Waals surface area contributed by atoms with Crippen molar-refractivity contribution >= 4 is 28.6 Å². The van der Waals surface area contributed by atoms with Gasteiger partial charge in [-0.2, -0.15) is 0 Å². The molecule has 0 amide bonds. The molecule has 0 spiro atoms. The van der Waals surface area contributed by atoms with E-state index in [9.17, 15) is 0 Å². The number of halogens is 1. The van der Waals surface area contributed by atoms with Crippen LogP contribution in [-0.2, 0) is 12.8 Å². The summed E-state index contributed by atoms with van der Waals surface area (Å²) in [5.41, 5.74) is 10.1. The van der Waals surface area contributed by atoms with Crippen molar-refractivity contribution in [2.45, 2.75) is 12.8 Å². The van der Waals surface area contributed by atoms with E-state index in [4.69, 9.17) is 22.3 Å². The summed E-state index contributed by atoms with van der Waals surface area (Å²) in [5, 5.41) is 4.02. The van der Waals surface area contributed by atoms with E-state index in [2.05, 4.69) is 17.5 Å². The van der Waals surface area contributed by atoms with Gasteiger partial charge in [0, 0.05) is 28.9 Å². The molecule has 0 aliphatic heterocycles. The SMILES string of the molecule is Nc1ccc(Cc2nc(Cc3ccc(Cl)cc3)cs2)cc1. The highest BCUT2D eigenvalue weighted by Crippen LogP contribution is 2.19. The largest absolute Gasteiger partial charge is 0.399 e. The highest BCUT2D eigenvalue weighted by atomic mass is 35.5. The van der Waals surface area contributed by atoms with E-state index >= 15 is 0 Å². The van der Waals surface area contributed by atoms with Crippen molar-refractivity contribution in [2.24, 2.45) is 0 Å². The number of anilines is 1. The van der Waals surface area contributed by atoms with E-state index in [-0.39, 0.29) is 0 Å². The Morgan fingerprint density at radius 1 is 0.905 bits per heavy atom. The summed E-state index contributed by atoms with van der Waals surface area (Å²) < 4.78 is 0. The van der Waals surface area contributed by atoms with Crippen LogP contribution in [0.2, 0.25) is 5.02 Å². The summed E-state index contributed by atoms with van der Waals surface area (Å²) in [5.74, 6) is 0. The highest BCUT2D eigenvalue weighted by molar-refractivity contribution is 7.09. The van der Waals surface area contributed by atoms with Gasteiger partial charge in [-0.25, -0.2) is 4.98 Å². The minimum atomic E-state index is 0.765. The highest BCUT2D eigenvalue weighted by Gasteiger charge is 2.04. The molecule has 0 aliphatic rings. The first-order chi connectivity index (χ1) is 10.2. The van der Waals surface area contributed by atoms with E-state index in [1.807, 2.05) is 36.4 Å². The van der Waals surface area contributed by atoms with Crippen LogP contribution < -0.4 is 5.73 Å². The summed E-state index contributed by atoms with van der Waals surface area (Å²) in [6.07, 6.45) is 1.70. The Balaban J connectivity index is 1.68. The Kier molecular flexibility index (Phi) is 4.23. The molecule has 2 nitrogen and oxygen atoms in total. The average molecular weight is 315 g/mol. The van der Waals surface area contributed by atoms with Crippen LogP contribution in [0.25, 0.3) is 0 Å². The van der Waals surface area contributed by atoms with Crippen LogP contribution in [0.4, 0.5) is 5.69 Å². The first-order valence-electron chi connectivity index (χ1n) is 6.71. The number of benzene rings is 2. The predicted molar refractivity (Wildman–Crippen MR) is 90.0 cm³/mol. The first-order valence-corrected chi connectivity index (χ1v) is 7.97. The van der Waals surface area contributed by atoms with Crippen LogP contribution >= 0.6 is 22.9 Å². The molecule has 0 saturated carbocycles. The second-order valence-corrected chi connectivity index (χ2v) is 6.33. The van der Waals surface area contributed by atoms with Crippen LogP contribution in [0.5, 0.6) is 0 Å². The molecule has 0 unspecified atom stereocenters. The fourth-order valence-corrected chi connectivity index (χ4v) is 3.09. The van der Waals surface area contributed by atoms with Crippen molar-refractivity contribution in [1.82, 2.24) is 4.98 Å². The van der Waals surface area contributed by atoms with Gasteiger partial charge in [0.05, 0.1) is 10.7 Å². The van der Waals surface area contributed by atoms with Gasteiger partial charge < -0.3 is 5.73 Å². The molecule has 4 heteroatoms. The van der Waals surface area contributed by atoms with Gasteiger partial charge in [-0.3, -0.25) is 0 Å². The Bertz CT molecular complexity index is 655. The average Bonchev–Trinajstić information content (AvgIpc) is 2.91. The lowest BCUT2D eigenvalue weighted by atomic mass is 10.1. The smallest absolute Gasteiger partial charge is 0.0972 e. The fraction of sp³-hybridized carbons (Fsp3) is 0.118. The fourth-order valence-electron chi connectivity index (χ4n) is 2.13. The van der Waals surface area contributed by atoms with Crippen molar-refractivity contribution in [2.75, 3.05) is 5.73 Å². The number of hydrogen-bond acceptors (Lipinski definition) is 3. The van der Waals surface area contributed by atoms with Crippen molar-refractivity contribution in [3.63, 3.8) is 0 Å². The number of rotatable bonds is 4. The van der Waals surface area contributed by atoms with E-state index in [0.29, 0.717) is 0 Å². The predicted octanol–water partition coefficient (Wildman–Crippen LogP) is 4.56. The quantitative estimate of drug-likeness (QED) is 0.717. The summed E-state index contributed by atoms with van der Waals surface area (Å²) >= 11 is 7.60. The minimum absolute atomic E-state index is 0.765. The third-order valence-electron chi connectivity index (χ3n) is 3.23. The molecule has 1 heterocycles. The Hall–Kier alpha value is -1.84. The second-order valence-electron chi connectivity index (χ2n) is 4.95. The molecule has 3 rings (SSSR count). The molecular formula is C17H15ClN2S. The molecule has 21 heavy (non-hydrogen) atoms. The van der Waals surface area contributed by atoms with E-state index in [0.717, 1.165) is 34.3 Å². The zero-order valence-corrected chi connectivity index (χ0v) is 13.0. The van der Waals surface area contributed by atoms with Gasteiger partial charge in [0.1, 0.15) is 0 Å². The van der Waals surface area contributed by atoms with Gasteiger partial charge in [-0.1, -0.05) is 35.9 Å². The third-order valence-corrected chi connectivity index (χ3v) is 4.38. The molecule has 2 aromatic carbocycles. The molecule has 0 fully saturated rings. The summed E-state index contributed by atoms with van der Waals surface area (Å²) in [6.45, 7) is 0. The van der Waals surface area contributed by atoms with Crippen LogP contribution in [-0.4, -0.2) is 4.98 Å². The number of nitrogens with two attached hydrogens (primary N) is 1. The molecule has 0 atom stereocenters. The number of hydrogen-bond donors (Lipinski definition) is 1. The van der Waals surface area contributed by atoms with Gasteiger partial charge in [0.15, 0.2) is 0 Å². The monoisotopic (exact) mass is 314 g/mol. The Labute approximate surface area is 133 Å². The molecule has 0 radical (unpaired) electrons. The van der Waals surface area contributed by atoms with Crippen LogP contribution in [0.15, 0.2) is 53.9 Å². The zero-order chi connectivity index (χ0) is 14.7. The Morgan fingerprint density at radius 3 is 2.24 bits per heavy atom. The molecule has 0 aliphatic carbocycles. The molecule has 2 N–H and O–H groups in total. The maximum atomic E-state index is 5.90. The minimum Gasteiger partial charge on any atom is -0.399 e. The second kappa shape index (κ2) is 6.29. The number of nitrogens with zero attached hydrogens (tertiary/aromatic N) is 1. The maximum Gasteiger partial charge on any atom is 0.0972 e. The summed E-state index contributed by atoms with van der Waals surface area (Å²) in [6, 6.07) is 15.9. The Morgan fingerprint density at radius 2 is 1.52 bits per heavy atom. The molecule has 0 bridgehead atoms. The molecule has 3 aromatic rings. The van der Waals surface area contributed by atoms with Crippen molar-refractivity contribution < 1.29 is 0 Å². The number of nitrogen functional groups attached to an aromatic ring is 1. The van der Waals surface area contributed by atoms with E-state index in [1.165, 1.54) is 11.1 Å². The maximum absolute atomic E-state index is 5.90. The summed E-state index contributed by atoms with van der Waals surface area (Å²) in [4.78, 5) is 4.70. The van der Waals surface area contributed by atoms with Gasteiger partial charge in [0.2, 0.25) is 0 Å². The molecular weight excluding hydrogens is 300 g/mol. The lowest BCUT2D eigenvalue weighted by Crippen LogP contribution is -1.92. The van der Waals surface area contributed by atoms with Crippen molar-refractivity contribution in [3.05, 3.63) is 80.8 Å². The van der Waals surface area contributed by atoms with Gasteiger partial charge in [-0.15, -0.1) is 11.3 Å². The lowest BCUT2D eigenvalue weighted by molar-refractivity contribution is 1.04. The zero-order valence-electron chi connectivity index (χ0n) is 11.4. The molecule has 1 aromatic heterocycles. The third kappa shape index (κ3) is 3.84. The van der Waals surface area contributed by atoms with Gasteiger partial charge >= 0.3 is 0 Å². The van der Waals surface area contributed by atoms with Gasteiger partial charge in [0.25, 0.3) is 0 Å². The summed E-state index contributed by atoms with van der Waals surface area (Å²) in [7, 11) is 0. The van der Waals surface area contributed by atoms with E-state index < -0.39 is 0 Å². The van der Waals surface area contributed by atoms with Crippen LogP contribution in [0, 0.1) is 0 Å². The number of aromatic nitrogens is 1. The molecule has 0 saturated heterocycles. The first kappa shape index (κ1) is 14.1. The standard InChI is InChI=1S/C17H15ClN2S/c18-14-5-1-12(2-6-14)9-16-11-21-17(20-16)10-13-3-7-15(19)8-4-13/h1-8,11H,9-10,19H2. The topological polar surface area (TPSA) is 38.9 Å². The van der Waals surface area contributed by atoms with Crippen molar-refractivity contribution in [1.29, 1.82) is 0 Å². The number of thiazole rings is 1. The van der Waals surface area contributed by atoms with Crippen LogP contribution in [0.3, 0.4) is 0 Å². The lowest BCUT2D eigenvalue weighted by Gasteiger charge is -1.99. The van der Waals surface area contributed by atoms with Gasteiger partial charge in [-0.05, 0) is 35.4 Å². The van der Waals surface area contributed by atoms with Crippen LogP contribution in [0.1, 0.15) is 21.8 Å². The van der Waals surface area contributed by atoms with Crippen molar-refractivity contribution in [3.8, 4) is 0 Å². The van der Waals surface area contributed by atoms with E-state index in [1.54, 1.807) is 11.3 Å². The molecule has 106 valence electrons.